The SMILES string of the molecule is CSc1nnc2c(n1)O[C@H](c1cc3c(cc1[N+](=O)[O-])OCO3)Nc1ccc(Br)cc1-2. The van der Waals surface area contributed by atoms with Crippen LogP contribution in [0.1, 0.15) is 11.8 Å². The third-order valence-corrected chi connectivity index (χ3v) is 5.60. The van der Waals surface area contributed by atoms with Crippen molar-refractivity contribution >= 4 is 39.1 Å². The van der Waals surface area contributed by atoms with Crippen molar-refractivity contribution in [1.29, 1.82) is 0 Å². The van der Waals surface area contributed by atoms with Crippen molar-refractivity contribution in [2.75, 3.05) is 18.4 Å². The summed E-state index contributed by atoms with van der Waals surface area (Å²) in [6.07, 6.45) is 0.899. The van der Waals surface area contributed by atoms with Crippen LogP contribution in [0.2, 0.25) is 0 Å². The third kappa shape index (κ3) is 3.17. The molecule has 0 saturated carbocycles. The van der Waals surface area contributed by atoms with Crippen LogP contribution >= 0.6 is 27.7 Å². The summed E-state index contributed by atoms with van der Waals surface area (Å²) in [4.78, 5) is 15.7. The molecular formula is C18H12BrN5O5S. The highest BCUT2D eigenvalue weighted by atomic mass is 79.9. The molecule has 2 aliphatic rings. The topological polar surface area (TPSA) is 122 Å². The van der Waals surface area contributed by atoms with Gasteiger partial charge in [-0.3, -0.25) is 10.1 Å². The van der Waals surface area contributed by atoms with Crippen LogP contribution in [0.25, 0.3) is 11.3 Å². The smallest absolute Gasteiger partial charge is 0.282 e. The Kier molecular flexibility index (Phi) is 4.59. The Morgan fingerprint density at radius 1 is 1.23 bits per heavy atom. The molecule has 1 N–H and O–H groups in total. The Bertz CT molecular complexity index is 1190. The number of hydrogen-bond donors (Lipinski definition) is 1. The molecule has 2 aromatic carbocycles. The van der Waals surface area contributed by atoms with Crippen LogP contribution in [0.15, 0.2) is 40.0 Å². The van der Waals surface area contributed by atoms with Gasteiger partial charge < -0.3 is 19.5 Å². The van der Waals surface area contributed by atoms with Crippen molar-refractivity contribution in [2.45, 2.75) is 11.4 Å². The van der Waals surface area contributed by atoms with Gasteiger partial charge in [0.2, 0.25) is 24.1 Å². The van der Waals surface area contributed by atoms with E-state index in [9.17, 15) is 10.1 Å². The highest BCUT2D eigenvalue weighted by Crippen LogP contribution is 2.45. The normalized spacial score (nSPS) is 16.0. The first-order valence-corrected chi connectivity index (χ1v) is 10.6. The number of nitro groups is 1. The molecule has 0 saturated heterocycles. The van der Waals surface area contributed by atoms with E-state index in [2.05, 4.69) is 36.4 Å². The van der Waals surface area contributed by atoms with E-state index in [1.165, 1.54) is 17.8 Å². The minimum absolute atomic E-state index is 0.00279. The van der Waals surface area contributed by atoms with Gasteiger partial charge in [0.15, 0.2) is 17.2 Å². The maximum atomic E-state index is 11.8. The van der Waals surface area contributed by atoms with Crippen molar-refractivity contribution in [2.24, 2.45) is 0 Å². The molecule has 12 heteroatoms. The van der Waals surface area contributed by atoms with Gasteiger partial charge in [-0.25, -0.2) is 0 Å². The second-order valence-electron chi connectivity index (χ2n) is 6.31. The fourth-order valence-corrected chi connectivity index (χ4v) is 3.87. The van der Waals surface area contributed by atoms with Gasteiger partial charge in [-0.15, -0.1) is 10.2 Å². The number of hydrogen-bond acceptors (Lipinski definition) is 10. The lowest BCUT2D eigenvalue weighted by molar-refractivity contribution is -0.386. The number of ether oxygens (including phenoxy) is 3. The number of benzene rings is 2. The van der Waals surface area contributed by atoms with Gasteiger partial charge in [0.1, 0.15) is 0 Å². The molecule has 0 fully saturated rings. The van der Waals surface area contributed by atoms with E-state index in [1.54, 1.807) is 6.07 Å². The van der Waals surface area contributed by atoms with Crippen molar-refractivity contribution in [1.82, 2.24) is 15.2 Å². The molecule has 30 heavy (non-hydrogen) atoms. The summed E-state index contributed by atoms with van der Waals surface area (Å²) in [6, 6.07) is 8.41. The number of nitrogens with zero attached hydrogens (tertiary/aromatic N) is 4. The van der Waals surface area contributed by atoms with E-state index in [-0.39, 0.29) is 23.9 Å². The second-order valence-corrected chi connectivity index (χ2v) is 7.99. The highest BCUT2D eigenvalue weighted by molar-refractivity contribution is 9.10. The molecule has 10 nitrogen and oxygen atoms in total. The van der Waals surface area contributed by atoms with Gasteiger partial charge in [-0.1, -0.05) is 27.7 Å². The van der Waals surface area contributed by atoms with E-state index < -0.39 is 11.2 Å². The van der Waals surface area contributed by atoms with Crippen LogP contribution in [0.4, 0.5) is 11.4 Å². The molecular weight excluding hydrogens is 478 g/mol. The predicted octanol–water partition coefficient (Wildman–Crippen LogP) is 4.16. The zero-order valence-electron chi connectivity index (χ0n) is 15.3. The number of nitrogens with one attached hydrogen (secondary N) is 1. The summed E-state index contributed by atoms with van der Waals surface area (Å²) in [5.74, 6) is 0.945. The summed E-state index contributed by atoms with van der Waals surface area (Å²) < 4.78 is 17.6. The quantitative estimate of drug-likeness (QED) is 0.325. The average Bonchev–Trinajstić information content (AvgIpc) is 3.14. The standard InChI is InChI=1S/C18H12BrN5O5S/c1-30-18-21-17-15(22-23-18)9-4-8(19)2-3-11(9)20-16(29-17)10-5-13-14(28-7-27-13)6-12(10)24(25)26/h2-6,16,20H,7H2,1H3/t16-/m1/s1. The Hall–Kier alpha value is -3.12. The third-order valence-electron chi connectivity index (χ3n) is 4.57. The summed E-state index contributed by atoms with van der Waals surface area (Å²) in [5.41, 5.74) is 1.92. The molecule has 3 aromatic rings. The first-order valence-electron chi connectivity index (χ1n) is 8.63. The first-order chi connectivity index (χ1) is 14.5. The van der Waals surface area contributed by atoms with E-state index in [4.69, 9.17) is 14.2 Å². The Morgan fingerprint density at radius 3 is 2.80 bits per heavy atom. The number of rotatable bonds is 3. The van der Waals surface area contributed by atoms with Crippen molar-refractivity contribution in [3.05, 3.63) is 50.5 Å². The van der Waals surface area contributed by atoms with E-state index in [0.29, 0.717) is 33.6 Å². The number of nitro benzene ring substituents is 1. The maximum absolute atomic E-state index is 11.8. The molecule has 0 amide bonds. The number of halogens is 1. The molecule has 152 valence electrons. The van der Waals surface area contributed by atoms with Crippen LogP contribution in [-0.4, -0.2) is 33.2 Å². The summed E-state index contributed by atoms with van der Waals surface area (Å²) in [7, 11) is 0. The van der Waals surface area contributed by atoms with E-state index in [0.717, 1.165) is 4.47 Å². The van der Waals surface area contributed by atoms with Crippen LogP contribution < -0.4 is 19.5 Å². The molecule has 0 aliphatic carbocycles. The lowest BCUT2D eigenvalue weighted by Gasteiger charge is -2.19. The van der Waals surface area contributed by atoms with Crippen LogP contribution in [0, 0.1) is 10.1 Å². The number of anilines is 1. The molecule has 1 aromatic heterocycles. The number of aromatic nitrogens is 3. The van der Waals surface area contributed by atoms with Gasteiger partial charge in [0, 0.05) is 15.7 Å². The van der Waals surface area contributed by atoms with Gasteiger partial charge >= 0.3 is 0 Å². The summed E-state index contributed by atoms with van der Waals surface area (Å²) >= 11 is 4.77. The van der Waals surface area contributed by atoms with Crippen LogP contribution in [0.3, 0.4) is 0 Å². The van der Waals surface area contributed by atoms with Crippen molar-refractivity contribution < 1.29 is 19.1 Å². The highest BCUT2D eigenvalue weighted by Gasteiger charge is 2.33. The molecule has 2 aliphatic heterocycles. The molecule has 3 heterocycles. The summed E-state index contributed by atoms with van der Waals surface area (Å²) in [5, 5.41) is 23.8. The van der Waals surface area contributed by atoms with Crippen molar-refractivity contribution in [3.63, 3.8) is 0 Å². The van der Waals surface area contributed by atoms with E-state index in [1.807, 2.05) is 24.5 Å². The van der Waals surface area contributed by atoms with Gasteiger partial charge in [-0.2, -0.15) is 4.98 Å². The first kappa shape index (κ1) is 18.9. The van der Waals surface area contributed by atoms with E-state index >= 15 is 0 Å². The van der Waals surface area contributed by atoms with Crippen LogP contribution in [0.5, 0.6) is 17.4 Å². The Labute approximate surface area is 182 Å². The average molecular weight is 490 g/mol. The summed E-state index contributed by atoms with van der Waals surface area (Å²) in [6.45, 7) is 0.00279. The molecule has 0 radical (unpaired) electrons. The van der Waals surface area contributed by atoms with Gasteiger partial charge in [-0.05, 0) is 30.5 Å². The minimum atomic E-state index is -0.924. The molecule has 0 unspecified atom stereocenters. The lowest BCUT2D eigenvalue weighted by atomic mass is 10.1. The molecule has 0 spiro atoms. The fourth-order valence-electron chi connectivity index (χ4n) is 3.21. The largest absolute Gasteiger partial charge is 0.454 e. The van der Waals surface area contributed by atoms with Gasteiger partial charge in [0.25, 0.3) is 5.69 Å². The zero-order chi connectivity index (χ0) is 20.8. The Balaban J connectivity index is 1.70. The Morgan fingerprint density at radius 2 is 2.03 bits per heavy atom. The fraction of sp³-hybridized carbons (Fsp3) is 0.167. The molecule has 0 bridgehead atoms. The van der Waals surface area contributed by atoms with Crippen LogP contribution in [-0.2, 0) is 0 Å². The lowest BCUT2D eigenvalue weighted by Crippen LogP contribution is -2.18. The maximum Gasteiger partial charge on any atom is 0.282 e. The molecule has 5 rings (SSSR count). The zero-order valence-corrected chi connectivity index (χ0v) is 17.7. The molecule has 1 atom stereocenters. The monoisotopic (exact) mass is 489 g/mol. The number of fused-ring (bicyclic) bond motifs is 4. The predicted molar refractivity (Wildman–Crippen MR) is 111 cm³/mol. The van der Waals surface area contributed by atoms with Gasteiger partial charge in [0.05, 0.1) is 16.6 Å². The second kappa shape index (κ2) is 7.29. The minimum Gasteiger partial charge on any atom is -0.454 e. The van der Waals surface area contributed by atoms with Crippen molar-refractivity contribution in [3.8, 4) is 28.6 Å². The number of thioether (sulfide) groups is 1.